The zero-order valence-corrected chi connectivity index (χ0v) is 20.7. The summed E-state index contributed by atoms with van der Waals surface area (Å²) in [6.45, 7) is 1.51. The number of para-hydroxylation sites is 2. The van der Waals surface area contributed by atoms with Crippen molar-refractivity contribution >= 4 is 28.9 Å². The van der Waals surface area contributed by atoms with Gasteiger partial charge in [0, 0.05) is 18.7 Å². The number of carbonyl (C=O) groups is 2. The average Bonchev–Trinajstić information content (AvgIpc) is 3.25. The van der Waals surface area contributed by atoms with E-state index in [4.69, 9.17) is 0 Å². The molecule has 6 nitrogen and oxygen atoms in total. The van der Waals surface area contributed by atoms with Crippen LogP contribution in [-0.2, 0) is 15.3 Å². The molecular weight excluding hydrogens is 436 g/mol. The van der Waals surface area contributed by atoms with Gasteiger partial charge in [-0.3, -0.25) is 9.59 Å². The number of rotatable bonds is 6. The molecule has 2 aromatic carbocycles. The molecule has 0 aromatic heterocycles. The molecule has 0 bridgehead atoms. The van der Waals surface area contributed by atoms with Crippen LogP contribution < -0.4 is 21.3 Å². The highest BCUT2D eigenvalue weighted by atomic mass is 16.2. The molecule has 2 fully saturated rings. The molecule has 2 aromatic rings. The van der Waals surface area contributed by atoms with Gasteiger partial charge in [-0.05, 0) is 61.4 Å². The molecule has 0 spiro atoms. The van der Waals surface area contributed by atoms with Crippen molar-refractivity contribution in [3.05, 3.63) is 54.1 Å². The standard InChI is InChI=1S/C29H38N4O2/c1-20(34)30-24-18-16-22(17-19-24)29(32-25-14-8-9-15-26(25)33-29)27(21-10-4-2-5-11-21)28(35)31-23-12-6-3-7-13-23/h8-9,14-19,21,23,27,32-33H,2-7,10-13H2,1H3,(H,30,34)(H,31,35). The van der Waals surface area contributed by atoms with Gasteiger partial charge in [-0.1, -0.05) is 62.8 Å². The molecule has 2 amide bonds. The zero-order chi connectivity index (χ0) is 24.3. The van der Waals surface area contributed by atoms with Crippen molar-refractivity contribution in [2.75, 3.05) is 16.0 Å². The summed E-state index contributed by atoms with van der Waals surface area (Å²) in [5, 5.41) is 13.9. The van der Waals surface area contributed by atoms with Gasteiger partial charge >= 0.3 is 0 Å². The predicted molar refractivity (Wildman–Crippen MR) is 141 cm³/mol. The molecule has 1 heterocycles. The number of amides is 2. The number of anilines is 3. The van der Waals surface area contributed by atoms with Crippen LogP contribution in [0.25, 0.3) is 0 Å². The molecule has 1 atom stereocenters. The third kappa shape index (κ3) is 5.02. The van der Waals surface area contributed by atoms with E-state index in [1.165, 1.54) is 45.4 Å². The molecule has 5 rings (SSSR count). The molecule has 4 N–H and O–H groups in total. The maximum absolute atomic E-state index is 14.2. The zero-order valence-electron chi connectivity index (χ0n) is 20.7. The van der Waals surface area contributed by atoms with Crippen molar-refractivity contribution in [1.29, 1.82) is 0 Å². The van der Waals surface area contributed by atoms with Gasteiger partial charge in [0.15, 0.2) is 0 Å². The second kappa shape index (κ2) is 10.3. The van der Waals surface area contributed by atoms with E-state index in [0.29, 0.717) is 0 Å². The maximum Gasteiger partial charge on any atom is 0.228 e. The Balaban J connectivity index is 1.54. The number of hydrogen-bond acceptors (Lipinski definition) is 4. The summed E-state index contributed by atoms with van der Waals surface area (Å²) in [5.74, 6) is 0.0897. The van der Waals surface area contributed by atoms with Gasteiger partial charge in [-0.2, -0.15) is 0 Å². The van der Waals surface area contributed by atoms with Crippen molar-refractivity contribution in [2.24, 2.45) is 11.8 Å². The largest absolute Gasteiger partial charge is 0.357 e. The lowest BCUT2D eigenvalue weighted by Gasteiger charge is -2.44. The molecular formula is C29H38N4O2. The number of carbonyl (C=O) groups excluding carboxylic acids is 2. The second-order valence-electron chi connectivity index (χ2n) is 10.6. The van der Waals surface area contributed by atoms with Crippen LogP contribution in [0.2, 0.25) is 0 Å². The molecule has 1 unspecified atom stereocenters. The molecule has 0 saturated heterocycles. The van der Waals surface area contributed by atoms with E-state index in [1.807, 2.05) is 36.4 Å². The Kier molecular flexibility index (Phi) is 6.98. The number of benzene rings is 2. The predicted octanol–water partition coefficient (Wildman–Crippen LogP) is 5.98. The monoisotopic (exact) mass is 474 g/mol. The number of nitrogens with one attached hydrogen (secondary N) is 4. The lowest BCUT2D eigenvalue weighted by Crippen LogP contribution is -2.56. The van der Waals surface area contributed by atoms with Gasteiger partial charge in [0.2, 0.25) is 11.8 Å². The van der Waals surface area contributed by atoms with Crippen molar-refractivity contribution in [2.45, 2.75) is 82.8 Å². The van der Waals surface area contributed by atoms with Crippen molar-refractivity contribution in [1.82, 2.24) is 5.32 Å². The lowest BCUT2D eigenvalue weighted by atomic mass is 9.71. The Hall–Kier alpha value is -3.02. The third-order valence-corrected chi connectivity index (χ3v) is 8.07. The topological polar surface area (TPSA) is 82.3 Å². The Morgan fingerprint density at radius 2 is 1.40 bits per heavy atom. The molecule has 3 aliphatic rings. The molecule has 2 aliphatic carbocycles. The van der Waals surface area contributed by atoms with E-state index >= 15 is 0 Å². The highest BCUT2D eigenvalue weighted by Crippen LogP contribution is 2.49. The quantitative estimate of drug-likeness (QED) is 0.415. The molecule has 6 heteroatoms. The van der Waals surface area contributed by atoms with Crippen molar-refractivity contribution in [3.8, 4) is 0 Å². The fourth-order valence-electron chi connectivity index (χ4n) is 6.43. The van der Waals surface area contributed by atoms with Crippen LogP contribution in [0.1, 0.15) is 76.7 Å². The van der Waals surface area contributed by atoms with E-state index in [9.17, 15) is 9.59 Å². The van der Waals surface area contributed by atoms with Gasteiger partial charge in [-0.25, -0.2) is 0 Å². The first-order valence-corrected chi connectivity index (χ1v) is 13.4. The third-order valence-electron chi connectivity index (χ3n) is 8.07. The van der Waals surface area contributed by atoms with Crippen LogP contribution in [0, 0.1) is 11.8 Å². The van der Waals surface area contributed by atoms with Crippen molar-refractivity contribution < 1.29 is 9.59 Å². The summed E-state index contributed by atoms with van der Waals surface area (Å²) in [6.07, 6.45) is 11.5. The molecule has 2 saturated carbocycles. The Bertz CT molecular complexity index is 1010. The van der Waals surface area contributed by atoms with E-state index < -0.39 is 5.66 Å². The van der Waals surface area contributed by atoms with Gasteiger partial charge in [0.05, 0.1) is 17.3 Å². The summed E-state index contributed by atoms with van der Waals surface area (Å²) >= 11 is 0. The van der Waals surface area contributed by atoms with Gasteiger partial charge in [0.25, 0.3) is 0 Å². The maximum atomic E-state index is 14.2. The first-order chi connectivity index (χ1) is 17.0. The summed E-state index contributed by atoms with van der Waals surface area (Å²) in [5.41, 5.74) is 3.05. The minimum absolute atomic E-state index is 0.0936. The van der Waals surface area contributed by atoms with Gasteiger partial charge < -0.3 is 21.3 Å². The fraction of sp³-hybridized carbons (Fsp3) is 0.517. The van der Waals surface area contributed by atoms with Crippen LogP contribution in [0.5, 0.6) is 0 Å². The van der Waals surface area contributed by atoms with E-state index in [1.54, 1.807) is 0 Å². The highest BCUT2D eigenvalue weighted by Gasteiger charge is 2.52. The van der Waals surface area contributed by atoms with E-state index in [2.05, 4.69) is 33.4 Å². The van der Waals surface area contributed by atoms with E-state index in [0.717, 1.165) is 48.3 Å². The summed E-state index contributed by atoms with van der Waals surface area (Å²) in [7, 11) is 0. The highest BCUT2D eigenvalue weighted by molar-refractivity contribution is 5.89. The van der Waals surface area contributed by atoms with Crippen LogP contribution in [0.15, 0.2) is 48.5 Å². The van der Waals surface area contributed by atoms with Crippen molar-refractivity contribution in [3.63, 3.8) is 0 Å². The summed E-state index contributed by atoms with van der Waals surface area (Å²) in [6, 6.07) is 16.4. The molecule has 35 heavy (non-hydrogen) atoms. The van der Waals surface area contributed by atoms with Gasteiger partial charge in [0.1, 0.15) is 5.66 Å². The van der Waals surface area contributed by atoms with Gasteiger partial charge in [-0.15, -0.1) is 0 Å². The van der Waals surface area contributed by atoms with E-state index in [-0.39, 0.29) is 29.7 Å². The van der Waals surface area contributed by atoms with Crippen LogP contribution in [0.4, 0.5) is 17.1 Å². The summed E-state index contributed by atoms with van der Waals surface area (Å²) in [4.78, 5) is 25.8. The molecule has 1 aliphatic heterocycles. The first-order valence-electron chi connectivity index (χ1n) is 13.4. The van der Waals surface area contributed by atoms with Crippen LogP contribution in [0.3, 0.4) is 0 Å². The minimum Gasteiger partial charge on any atom is -0.357 e. The lowest BCUT2D eigenvalue weighted by molar-refractivity contribution is -0.130. The first kappa shape index (κ1) is 23.7. The number of hydrogen-bond donors (Lipinski definition) is 4. The Morgan fingerprint density at radius 1 is 0.829 bits per heavy atom. The average molecular weight is 475 g/mol. The minimum atomic E-state index is -0.751. The Labute approximate surface area is 208 Å². The summed E-state index contributed by atoms with van der Waals surface area (Å²) < 4.78 is 0. The number of fused-ring (bicyclic) bond motifs is 1. The smallest absolute Gasteiger partial charge is 0.228 e. The van der Waals surface area contributed by atoms with Crippen LogP contribution in [-0.4, -0.2) is 17.9 Å². The van der Waals surface area contributed by atoms with Crippen LogP contribution >= 0.6 is 0 Å². The molecule has 186 valence electrons. The normalized spacial score (nSPS) is 20.7. The Morgan fingerprint density at radius 3 is 1.97 bits per heavy atom. The second-order valence-corrected chi connectivity index (χ2v) is 10.6. The SMILES string of the molecule is CC(=O)Nc1ccc(C2(C(C(=O)NC3CCCCC3)C3CCCCC3)Nc3ccccc3N2)cc1. The molecule has 0 radical (unpaired) electrons. The fourth-order valence-corrected chi connectivity index (χ4v) is 6.43.